The number of fused-ring (bicyclic) bond motifs is 1. The van der Waals surface area contributed by atoms with Crippen LogP contribution in [0.5, 0.6) is 0 Å². The van der Waals surface area contributed by atoms with Crippen molar-refractivity contribution < 1.29 is 4.39 Å². The fourth-order valence-electron chi connectivity index (χ4n) is 2.88. The van der Waals surface area contributed by atoms with Gasteiger partial charge in [-0.05, 0) is 49.7 Å². The molecule has 6 heteroatoms. The van der Waals surface area contributed by atoms with Gasteiger partial charge in [0.05, 0.1) is 11.2 Å². The monoisotopic (exact) mass is 366 g/mol. The number of benzene rings is 2. The Morgan fingerprint density at radius 2 is 1.88 bits per heavy atom. The van der Waals surface area contributed by atoms with E-state index in [1.807, 2.05) is 44.2 Å². The molecular weight excluding hydrogens is 351 g/mol. The number of nitrogens with one attached hydrogen (secondary N) is 2. The summed E-state index contributed by atoms with van der Waals surface area (Å²) >= 11 is 6.32. The van der Waals surface area contributed by atoms with Gasteiger partial charge in [0.25, 0.3) is 0 Å². The van der Waals surface area contributed by atoms with E-state index < -0.39 is 0 Å². The topological polar surface area (TPSA) is 53.6 Å². The molecule has 0 fully saturated rings. The molecule has 0 aliphatic rings. The lowest BCUT2D eigenvalue weighted by Gasteiger charge is -2.13. The van der Waals surface area contributed by atoms with E-state index in [9.17, 15) is 4.39 Å². The number of hydrogen-bond donors (Lipinski definition) is 2. The zero-order valence-electron chi connectivity index (χ0n) is 14.3. The van der Waals surface area contributed by atoms with Gasteiger partial charge in [-0.3, -0.25) is 10.1 Å². The molecule has 130 valence electrons. The minimum absolute atomic E-state index is 0.304. The predicted octanol–water partition coefficient (Wildman–Crippen LogP) is 5.78. The van der Waals surface area contributed by atoms with Crippen molar-refractivity contribution in [3.63, 3.8) is 0 Å². The molecule has 0 aliphatic heterocycles. The van der Waals surface area contributed by atoms with Crippen LogP contribution in [0.15, 0.2) is 48.5 Å². The average molecular weight is 367 g/mol. The van der Waals surface area contributed by atoms with Crippen LogP contribution in [0.3, 0.4) is 0 Å². The van der Waals surface area contributed by atoms with Gasteiger partial charge in [0.1, 0.15) is 5.82 Å². The van der Waals surface area contributed by atoms with Gasteiger partial charge in [-0.1, -0.05) is 29.8 Å². The molecule has 0 amide bonds. The van der Waals surface area contributed by atoms with Gasteiger partial charge < -0.3 is 5.32 Å². The number of pyridine rings is 1. The van der Waals surface area contributed by atoms with Crippen molar-refractivity contribution in [3.8, 4) is 11.3 Å². The first-order valence-electron chi connectivity index (χ1n) is 8.17. The normalized spacial score (nSPS) is 11.1. The van der Waals surface area contributed by atoms with Crippen LogP contribution >= 0.6 is 11.6 Å². The number of aromatic nitrogens is 3. The highest BCUT2D eigenvalue weighted by Crippen LogP contribution is 2.32. The molecule has 0 saturated carbocycles. The molecule has 0 atom stereocenters. The molecule has 0 bridgehead atoms. The van der Waals surface area contributed by atoms with Crippen molar-refractivity contribution >= 4 is 34.0 Å². The lowest BCUT2D eigenvalue weighted by Crippen LogP contribution is -2.00. The maximum atomic E-state index is 13.6. The van der Waals surface area contributed by atoms with Crippen LogP contribution in [0.25, 0.3) is 22.2 Å². The first-order chi connectivity index (χ1) is 12.5. The Labute approximate surface area is 155 Å². The quantitative estimate of drug-likeness (QED) is 0.483. The smallest absolute Gasteiger partial charge is 0.160 e. The van der Waals surface area contributed by atoms with E-state index in [1.165, 1.54) is 12.1 Å². The number of aromatic amines is 1. The van der Waals surface area contributed by atoms with Crippen molar-refractivity contribution in [2.45, 2.75) is 13.8 Å². The molecule has 26 heavy (non-hydrogen) atoms. The summed E-state index contributed by atoms with van der Waals surface area (Å²) in [4.78, 5) is 4.66. The molecule has 4 aromatic rings. The molecular formula is C20H16ClFN4. The van der Waals surface area contributed by atoms with Gasteiger partial charge in [0, 0.05) is 27.4 Å². The van der Waals surface area contributed by atoms with Crippen LogP contribution in [-0.2, 0) is 0 Å². The number of halogens is 2. The molecule has 2 heterocycles. The first-order valence-corrected chi connectivity index (χ1v) is 8.54. The Bertz CT molecular complexity index is 1120. The summed E-state index contributed by atoms with van der Waals surface area (Å²) in [5.74, 6) is 0.264. The maximum Gasteiger partial charge on any atom is 0.160 e. The fraction of sp³-hybridized carbons (Fsp3) is 0.100. The Morgan fingerprint density at radius 1 is 1.08 bits per heavy atom. The minimum Gasteiger partial charge on any atom is -0.338 e. The van der Waals surface area contributed by atoms with Gasteiger partial charge in [-0.25, -0.2) is 4.39 Å². The summed E-state index contributed by atoms with van der Waals surface area (Å²) in [5, 5.41) is 11.8. The van der Waals surface area contributed by atoms with E-state index in [2.05, 4.69) is 20.5 Å². The lowest BCUT2D eigenvalue weighted by molar-refractivity contribution is 0.630. The summed E-state index contributed by atoms with van der Waals surface area (Å²) in [6, 6.07) is 14.0. The second kappa shape index (κ2) is 6.42. The van der Waals surface area contributed by atoms with Gasteiger partial charge in [-0.15, -0.1) is 0 Å². The van der Waals surface area contributed by atoms with Gasteiger partial charge >= 0.3 is 0 Å². The molecule has 0 saturated heterocycles. The molecule has 0 unspecified atom stereocenters. The van der Waals surface area contributed by atoms with Crippen molar-refractivity contribution in [1.29, 1.82) is 0 Å². The zero-order chi connectivity index (χ0) is 18.3. The standard InChI is InChI=1S/C20H16ClFN4/c1-11-12(2)23-19(14-5-3-4-6-16(14)21)10-18(11)24-20-15-9-13(22)7-8-17(15)25-26-20/h3-10H,1-2H3,(H2,23,24,25,26). The van der Waals surface area contributed by atoms with Crippen LogP contribution in [0.2, 0.25) is 5.02 Å². The Hall–Kier alpha value is -2.92. The SMILES string of the molecule is Cc1nc(-c2ccccc2Cl)cc(Nc2n[nH]c3ccc(F)cc23)c1C. The van der Waals surface area contributed by atoms with Gasteiger partial charge in [0.2, 0.25) is 0 Å². The number of hydrogen-bond acceptors (Lipinski definition) is 3. The van der Waals surface area contributed by atoms with E-state index in [4.69, 9.17) is 11.6 Å². The van der Waals surface area contributed by atoms with Crippen molar-refractivity contribution in [1.82, 2.24) is 15.2 Å². The second-order valence-corrected chi connectivity index (χ2v) is 6.54. The third-order valence-electron chi connectivity index (χ3n) is 4.44. The Kier molecular flexibility index (Phi) is 4.09. The van der Waals surface area contributed by atoms with Crippen LogP contribution < -0.4 is 5.32 Å². The van der Waals surface area contributed by atoms with Crippen molar-refractivity contribution in [2.24, 2.45) is 0 Å². The molecule has 2 N–H and O–H groups in total. The predicted molar refractivity (Wildman–Crippen MR) is 103 cm³/mol. The highest BCUT2D eigenvalue weighted by Gasteiger charge is 2.13. The Balaban J connectivity index is 1.81. The molecule has 0 radical (unpaired) electrons. The maximum absolute atomic E-state index is 13.6. The van der Waals surface area contributed by atoms with Crippen LogP contribution in [0.4, 0.5) is 15.9 Å². The summed E-state index contributed by atoms with van der Waals surface area (Å²) in [6.45, 7) is 3.93. The second-order valence-electron chi connectivity index (χ2n) is 6.13. The first kappa shape index (κ1) is 16.5. The molecule has 4 rings (SSSR count). The summed E-state index contributed by atoms with van der Waals surface area (Å²) in [6.07, 6.45) is 0. The number of H-pyrrole nitrogens is 1. The summed E-state index contributed by atoms with van der Waals surface area (Å²) in [7, 11) is 0. The van der Waals surface area contributed by atoms with Crippen molar-refractivity contribution in [3.05, 3.63) is 70.6 Å². The van der Waals surface area contributed by atoms with Crippen molar-refractivity contribution in [2.75, 3.05) is 5.32 Å². The summed E-state index contributed by atoms with van der Waals surface area (Å²) in [5.41, 5.74) is 5.13. The highest BCUT2D eigenvalue weighted by atomic mass is 35.5. The number of anilines is 2. The van der Waals surface area contributed by atoms with E-state index in [0.717, 1.165) is 33.7 Å². The fourth-order valence-corrected chi connectivity index (χ4v) is 3.12. The van der Waals surface area contributed by atoms with Crippen LogP contribution in [0, 0.1) is 19.7 Å². The number of nitrogens with zero attached hydrogens (tertiary/aromatic N) is 2. The average Bonchev–Trinajstić information content (AvgIpc) is 3.01. The molecule has 0 spiro atoms. The Morgan fingerprint density at radius 3 is 2.69 bits per heavy atom. The van der Waals surface area contributed by atoms with E-state index in [-0.39, 0.29) is 5.82 Å². The number of aryl methyl sites for hydroxylation is 1. The molecule has 2 aromatic heterocycles. The molecule has 4 nitrogen and oxygen atoms in total. The minimum atomic E-state index is -0.304. The zero-order valence-corrected chi connectivity index (χ0v) is 15.0. The summed E-state index contributed by atoms with van der Waals surface area (Å²) < 4.78 is 13.6. The highest BCUT2D eigenvalue weighted by molar-refractivity contribution is 6.33. The van der Waals surface area contributed by atoms with Gasteiger partial charge in [0.15, 0.2) is 5.82 Å². The largest absolute Gasteiger partial charge is 0.338 e. The third-order valence-corrected chi connectivity index (χ3v) is 4.77. The lowest BCUT2D eigenvalue weighted by atomic mass is 10.1. The molecule has 2 aromatic carbocycles. The molecule has 0 aliphatic carbocycles. The van der Waals surface area contributed by atoms with E-state index in [1.54, 1.807) is 6.07 Å². The van der Waals surface area contributed by atoms with E-state index in [0.29, 0.717) is 16.2 Å². The van der Waals surface area contributed by atoms with Gasteiger partial charge in [-0.2, -0.15) is 5.10 Å². The van der Waals surface area contributed by atoms with Crippen LogP contribution in [0.1, 0.15) is 11.3 Å². The third kappa shape index (κ3) is 2.91. The van der Waals surface area contributed by atoms with Crippen LogP contribution in [-0.4, -0.2) is 15.2 Å². The number of rotatable bonds is 3. The van der Waals surface area contributed by atoms with E-state index >= 15 is 0 Å².